The molecule has 112 valence electrons. The van der Waals surface area contributed by atoms with Gasteiger partial charge in [0.25, 0.3) is 0 Å². The summed E-state index contributed by atoms with van der Waals surface area (Å²) in [5.41, 5.74) is 4.92. The Hall–Kier alpha value is -0.650. The third-order valence-electron chi connectivity index (χ3n) is 3.98. The maximum atomic E-state index is 11.6. The van der Waals surface area contributed by atoms with Gasteiger partial charge in [-0.2, -0.15) is 0 Å². The molecule has 0 spiro atoms. The summed E-state index contributed by atoms with van der Waals surface area (Å²) in [6, 6.07) is 0. The lowest BCUT2D eigenvalue weighted by Crippen LogP contribution is -2.60. The van der Waals surface area contributed by atoms with E-state index < -0.39 is 5.54 Å². The summed E-state index contributed by atoms with van der Waals surface area (Å²) in [7, 11) is 4.25. The van der Waals surface area contributed by atoms with Crippen molar-refractivity contribution in [3.05, 3.63) is 0 Å². The third-order valence-corrected chi connectivity index (χ3v) is 3.98. The molecule has 0 radical (unpaired) electrons. The van der Waals surface area contributed by atoms with Crippen molar-refractivity contribution < 1.29 is 4.79 Å². The number of nitrogens with one attached hydrogen (secondary N) is 1. The molecule has 0 bridgehead atoms. The van der Waals surface area contributed by atoms with Crippen molar-refractivity contribution in [1.29, 1.82) is 0 Å². The average molecular weight is 270 g/mol. The van der Waals surface area contributed by atoms with Crippen molar-refractivity contribution in [3.63, 3.8) is 0 Å². The van der Waals surface area contributed by atoms with Crippen molar-refractivity contribution in [1.82, 2.24) is 15.1 Å². The number of nitrogens with zero attached hydrogens (tertiary/aromatic N) is 2. The molecule has 0 aliphatic carbocycles. The number of hydrogen-bond donors (Lipinski definition) is 2. The quantitative estimate of drug-likeness (QED) is 0.689. The van der Waals surface area contributed by atoms with Gasteiger partial charge in [0.15, 0.2) is 0 Å². The van der Waals surface area contributed by atoms with Gasteiger partial charge in [-0.05, 0) is 59.4 Å². The minimum Gasteiger partial charge on any atom is -0.368 e. The second-order valence-corrected chi connectivity index (χ2v) is 6.21. The van der Waals surface area contributed by atoms with E-state index in [0.29, 0.717) is 6.54 Å². The molecule has 0 aromatic carbocycles. The molecule has 5 heteroatoms. The van der Waals surface area contributed by atoms with Crippen molar-refractivity contribution in [2.45, 2.75) is 32.2 Å². The largest absolute Gasteiger partial charge is 0.368 e. The molecule has 0 aromatic heterocycles. The second kappa shape index (κ2) is 7.22. The van der Waals surface area contributed by atoms with Crippen LogP contribution in [0.1, 0.15) is 26.7 Å². The lowest BCUT2D eigenvalue weighted by Gasteiger charge is -2.38. The van der Waals surface area contributed by atoms with Crippen LogP contribution in [0.15, 0.2) is 0 Å². The number of nitrogens with two attached hydrogens (primary N) is 1. The first-order valence-electron chi connectivity index (χ1n) is 7.29. The van der Waals surface area contributed by atoms with E-state index in [4.69, 9.17) is 5.73 Å². The van der Waals surface area contributed by atoms with Crippen LogP contribution >= 0.6 is 0 Å². The Kier molecular flexibility index (Phi) is 6.23. The smallest absolute Gasteiger partial charge is 0.238 e. The van der Waals surface area contributed by atoms with Crippen LogP contribution in [-0.2, 0) is 4.79 Å². The number of rotatable bonds is 7. The molecule has 1 saturated heterocycles. The summed E-state index contributed by atoms with van der Waals surface area (Å²) < 4.78 is 0. The molecule has 1 amide bonds. The molecule has 1 atom stereocenters. The van der Waals surface area contributed by atoms with Gasteiger partial charge < -0.3 is 20.9 Å². The first kappa shape index (κ1) is 16.4. The molecule has 1 aliphatic heterocycles. The Morgan fingerprint density at radius 2 is 2.00 bits per heavy atom. The monoisotopic (exact) mass is 270 g/mol. The number of amides is 1. The summed E-state index contributed by atoms with van der Waals surface area (Å²) in [5, 5.41) is 3.22. The fourth-order valence-electron chi connectivity index (χ4n) is 2.90. The van der Waals surface area contributed by atoms with Crippen LogP contribution in [0.5, 0.6) is 0 Å². The van der Waals surface area contributed by atoms with E-state index in [1.807, 2.05) is 13.8 Å². The standard InChI is InChI=1S/C14H30N4O/c1-5-16-14(2,13(15)19)11-18-8-6-12(7-9-18)10-17(3)4/h12,16H,5-11H2,1-4H3,(H2,15,19). The zero-order valence-corrected chi connectivity index (χ0v) is 12.9. The van der Waals surface area contributed by atoms with E-state index in [1.165, 1.54) is 12.8 Å². The number of likely N-dealkylation sites (tertiary alicyclic amines) is 1. The van der Waals surface area contributed by atoms with Crippen molar-refractivity contribution in [3.8, 4) is 0 Å². The molecule has 5 nitrogen and oxygen atoms in total. The SMILES string of the molecule is CCNC(C)(CN1CCC(CN(C)C)CC1)C(N)=O. The summed E-state index contributed by atoms with van der Waals surface area (Å²) >= 11 is 0. The van der Waals surface area contributed by atoms with Gasteiger partial charge in [0.05, 0.1) is 0 Å². The van der Waals surface area contributed by atoms with E-state index in [0.717, 1.165) is 32.1 Å². The van der Waals surface area contributed by atoms with Gasteiger partial charge in [0.2, 0.25) is 5.91 Å². The fourth-order valence-corrected chi connectivity index (χ4v) is 2.90. The molecule has 1 aliphatic rings. The molecule has 1 fully saturated rings. The molecule has 1 unspecified atom stereocenters. The van der Waals surface area contributed by atoms with Gasteiger partial charge in [0.1, 0.15) is 5.54 Å². The summed E-state index contributed by atoms with van der Waals surface area (Å²) in [5.74, 6) is 0.523. The zero-order chi connectivity index (χ0) is 14.5. The van der Waals surface area contributed by atoms with E-state index >= 15 is 0 Å². The van der Waals surface area contributed by atoms with Crippen LogP contribution in [0.2, 0.25) is 0 Å². The van der Waals surface area contributed by atoms with E-state index in [1.54, 1.807) is 0 Å². The highest BCUT2D eigenvalue weighted by Gasteiger charge is 2.33. The number of hydrogen-bond acceptors (Lipinski definition) is 4. The second-order valence-electron chi connectivity index (χ2n) is 6.21. The Labute approximate surface area is 117 Å². The summed E-state index contributed by atoms with van der Waals surface area (Å²) in [4.78, 5) is 16.2. The number of likely N-dealkylation sites (N-methyl/N-ethyl adjacent to an activating group) is 1. The lowest BCUT2D eigenvalue weighted by atomic mass is 9.93. The lowest BCUT2D eigenvalue weighted by molar-refractivity contribution is -0.124. The van der Waals surface area contributed by atoms with E-state index in [-0.39, 0.29) is 5.91 Å². The van der Waals surface area contributed by atoms with Crippen molar-refractivity contribution >= 4 is 5.91 Å². The van der Waals surface area contributed by atoms with Gasteiger partial charge in [0, 0.05) is 13.1 Å². The molecular formula is C14H30N4O. The van der Waals surface area contributed by atoms with Crippen LogP contribution in [0.4, 0.5) is 0 Å². The highest BCUT2D eigenvalue weighted by molar-refractivity contribution is 5.84. The maximum absolute atomic E-state index is 11.6. The van der Waals surface area contributed by atoms with Gasteiger partial charge in [-0.15, -0.1) is 0 Å². The Morgan fingerprint density at radius 3 is 2.42 bits per heavy atom. The zero-order valence-electron chi connectivity index (χ0n) is 12.9. The maximum Gasteiger partial charge on any atom is 0.238 e. The molecule has 1 heterocycles. The first-order valence-corrected chi connectivity index (χ1v) is 7.29. The molecule has 0 aromatic rings. The number of carbonyl (C=O) groups excluding carboxylic acids is 1. The fraction of sp³-hybridized carbons (Fsp3) is 0.929. The van der Waals surface area contributed by atoms with Gasteiger partial charge in [-0.25, -0.2) is 0 Å². The van der Waals surface area contributed by atoms with E-state index in [9.17, 15) is 4.79 Å². The Balaban J connectivity index is 2.45. The number of primary amides is 1. The number of piperidine rings is 1. The molecule has 1 rings (SSSR count). The summed E-state index contributed by atoms with van der Waals surface area (Å²) in [6.45, 7) is 8.67. The molecule has 0 saturated carbocycles. The van der Waals surface area contributed by atoms with Crippen LogP contribution in [0, 0.1) is 5.92 Å². The van der Waals surface area contributed by atoms with Crippen LogP contribution in [0.25, 0.3) is 0 Å². The number of carbonyl (C=O) groups is 1. The highest BCUT2D eigenvalue weighted by Crippen LogP contribution is 2.19. The average Bonchev–Trinajstić information content (AvgIpc) is 2.31. The molecule has 19 heavy (non-hydrogen) atoms. The predicted octanol–water partition coefficient (Wildman–Crippen LogP) is 0.114. The topological polar surface area (TPSA) is 61.6 Å². The van der Waals surface area contributed by atoms with Gasteiger partial charge >= 0.3 is 0 Å². The van der Waals surface area contributed by atoms with Crippen molar-refractivity contribution in [2.24, 2.45) is 11.7 Å². The first-order chi connectivity index (χ1) is 8.87. The van der Waals surface area contributed by atoms with E-state index in [2.05, 4.69) is 29.2 Å². The Morgan fingerprint density at radius 1 is 1.42 bits per heavy atom. The third kappa shape index (κ3) is 5.09. The normalized spacial score (nSPS) is 21.5. The van der Waals surface area contributed by atoms with Crippen LogP contribution < -0.4 is 11.1 Å². The van der Waals surface area contributed by atoms with Gasteiger partial charge in [-0.1, -0.05) is 6.92 Å². The van der Waals surface area contributed by atoms with Crippen molar-refractivity contribution in [2.75, 3.05) is 46.8 Å². The van der Waals surface area contributed by atoms with Crippen LogP contribution in [-0.4, -0.2) is 68.1 Å². The van der Waals surface area contributed by atoms with Gasteiger partial charge in [-0.3, -0.25) is 4.79 Å². The van der Waals surface area contributed by atoms with Crippen LogP contribution in [0.3, 0.4) is 0 Å². The predicted molar refractivity (Wildman–Crippen MR) is 79.0 cm³/mol. The minimum atomic E-state index is -0.608. The summed E-state index contributed by atoms with van der Waals surface area (Å²) in [6.07, 6.45) is 2.41. The molecule has 3 N–H and O–H groups in total. The Bertz CT molecular complexity index is 287. The molecular weight excluding hydrogens is 240 g/mol. The minimum absolute atomic E-state index is 0.259. The highest BCUT2D eigenvalue weighted by atomic mass is 16.1.